The van der Waals surface area contributed by atoms with Crippen LogP contribution in [0.15, 0.2) is 55.1 Å². The summed E-state index contributed by atoms with van der Waals surface area (Å²) in [5.74, 6) is 0.912. The predicted molar refractivity (Wildman–Crippen MR) is 107 cm³/mol. The standard InChI is InChI=1S/C22H25N3O3/c1-16(2)21-9-8-20(12-17(21)3)27-10-11-28-22(26)19-6-4-18(5-7-19)13-25-15-23-14-24-25/h4-9,12,14-16H,10-11,13H2,1-3H3. The van der Waals surface area contributed by atoms with Gasteiger partial charge in [-0.1, -0.05) is 32.0 Å². The molecule has 0 aliphatic rings. The first-order valence-electron chi connectivity index (χ1n) is 9.35. The second-order valence-electron chi connectivity index (χ2n) is 6.95. The maximum absolute atomic E-state index is 12.2. The Hall–Kier alpha value is -3.15. The molecule has 0 saturated carbocycles. The zero-order chi connectivity index (χ0) is 19.9. The van der Waals surface area contributed by atoms with E-state index in [1.54, 1.807) is 23.1 Å². The summed E-state index contributed by atoms with van der Waals surface area (Å²) in [6, 6.07) is 13.3. The van der Waals surface area contributed by atoms with Crippen molar-refractivity contribution in [1.82, 2.24) is 14.8 Å². The first-order valence-corrected chi connectivity index (χ1v) is 9.35. The summed E-state index contributed by atoms with van der Waals surface area (Å²) in [5, 5.41) is 4.06. The van der Waals surface area contributed by atoms with E-state index in [0.717, 1.165) is 11.3 Å². The van der Waals surface area contributed by atoms with E-state index < -0.39 is 0 Å². The van der Waals surface area contributed by atoms with E-state index in [1.807, 2.05) is 24.3 Å². The summed E-state index contributed by atoms with van der Waals surface area (Å²) in [4.78, 5) is 16.1. The maximum atomic E-state index is 12.2. The van der Waals surface area contributed by atoms with Crippen molar-refractivity contribution in [2.45, 2.75) is 33.2 Å². The van der Waals surface area contributed by atoms with Crippen molar-refractivity contribution in [3.8, 4) is 5.75 Å². The number of rotatable bonds is 8. The van der Waals surface area contributed by atoms with Gasteiger partial charge >= 0.3 is 5.97 Å². The summed E-state index contributed by atoms with van der Waals surface area (Å²) in [7, 11) is 0. The van der Waals surface area contributed by atoms with E-state index in [1.165, 1.54) is 17.5 Å². The number of carbonyl (C=O) groups excluding carboxylic acids is 1. The number of benzene rings is 2. The summed E-state index contributed by atoms with van der Waals surface area (Å²) in [6.45, 7) is 7.54. The first-order chi connectivity index (χ1) is 13.5. The predicted octanol–water partition coefficient (Wildman–Crippen LogP) is 3.99. The van der Waals surface area contributed by atoms with Crippen molar-refractivity contribution in [2.75, 3.05) is 13.2 Å². The molecule has 1 heterocycles. The van der Waals surface area contributed by atoms with Crippen LogP contribution in [0.1, 0.15) is 46.8 Å². The molecule has 0 unspecified atom stereocenters. The minimum atomic E-state index is -0.359. The minimum Gasteiger partial charge on any atom is -0.490 e. The molecule has 0 saturated heterocycles. The second-order valence-corrected chi connectivity index (χ2v) is 6.95. The van der Waals surface area contributed by atoms with Gasteiger partial charge in [-0.05, 0) is 53.8 Å². The van der Waals surface area contributed by atoms with Gasteiger partial charge in [0.25, 0.3) is 0 Å². The lowest BCUT2D eigenvalue weighted by Gasteiger charge is -2.12. The molecule has 1 aromatic heterocycles. The summed E-state index contributed by atoms with van der Waals surface area (Å²) in [5.41, 5.74) is 4.06. The van der Waals surface area contributed by atoms with Gasteiger partial charge in [0, 0.05) is 0 Å². The fraction of sp³-hybridized carbons (Fsp3) is 0.318. The topological polar surface area (TPSA) is 66.2 Å². The summed E-state index contributed by atoms with van der Waals surface area (Å²) in [6.07, 6.45) is 3.15. The Morgan fingerprint density at radius 3 is 2.54 bits per heavy atom. The molecular weight excluding hydrogens is 354 g/mol. The molecule has 0 bridgehead atoms. The Morgan fingerprint density at radius 1 is 1.11 bits per heavy atom. The Labute approximate surface area is 165 Å². The fourth-order valence-electron chi connectivity index (χ4n) is 3.01. The molecule has 0 N–H and O–H groups in total. The molecule has 0 aliphatic heterocycles. The third-order valence-corrected chi connectivity index (χ3v) is 4.45. The lowest BCUT2D eigenvalue weighted by atomic mass is 9.98. The normalized spacial score (nSPS) is 10.9. The zero-order valence-corrected chi connectivity index (χ0v) is 16.5. The van der Waals surface area contributed by atoms with Gasteiger partial charge in [-0.3, -0.25) is 0 Å². The quantitative estimate of drug-likeness (QED) is 0.437. The van der Waals surface area contributed by atoms with Gasteiger partial charge in [-0.2, -0.15) is 5.10 Å². The van der Waals surface area contributed by atoms with Crippen LogP contribution in [0.4, 0.5) is 0 Å². The average molecular weight is 379 g/mol. The number of esters is 1. The highest BCUT2D eigenvalue weighted by molar-refractivity contribution is 5.89. The van der Waals surface area contributed by atoms with Crippen LogP contribution in [0, 0.1) is 6.92 Å². The van der Waals surface area contributed by atoms with E-state index in [-0.39, 0.29) is 12.6 Å². The van der Waals surface area contributed by atoms with E-state index in [0.29, 0.717) is 24.6 Å². The lowest BCUT2D eigenvalue weighted by Crippen LogP contribution is -2.12. The monoisotopic (exact) mass is 379 g/mol. The Morgan fingerprint density at radius 2 is 1.89 bits per heavy atom. The van der Waals surface area contributed by atoms with Gasteiger partial charge < -0.3 is 9.47 Å². The maximum Gasteiger partial charge on any atom is 0.338 e. The molecule has 0 spiro atoms. The highest BCUT2D eigenvalue weighted by Crippen LogP contribution is 2.23. The average Bonchev–Trinajstić information content (AvgIpc) is 3.18. The van der Waals surface area contributed by atoms with Crippen LogP contribution < -0.4 is 4.74 Å². The number of ether oxygens (including phenoxy) is 2. The molecule has 0 fully saturated rings. The van der Waals surface area contributed by atoms with Gasteiger partial charge in [-0.25, -0.2) is 14.5 Å². The van der Waals surface area contributed by atoms with Crippen molar-refractivity contribution >= 4 is 5.97 Å². The van der Waals surface area contributed by atoms with Crippen molar-refractivity contribution in [3.05, 3.63) is 77.4 Å². The van der Waals surface area contributed by atoms with E-state index in [9.17, 15) is 4.79 Å². The summed E-state index contributed by atoms with van der Waals surface area (Å²) < 4.78 is 12.7. The molecule has 0 atom stereocenters. The van der Waals surface area contributed by atoms with Crippen LogP contribution in [0.3, 0.4) is 0 Å². The van der Waals surface area contributed by atoms with Crippen LogP contribution in [-0.2, 0) is 11.3 Å². The van der Waals surface area contributed by atoms with Gasteiger partial charge in [0.2, 0.25) is 0 Å². The van der Waals surface area contributed by atoms with Gasteiger partial charge in [-0.15, -0.1) is 0 Å². The SMILES string of the molecule is Cc1cc(OCCOC(=O)c2ccc(Cn3cncn3)cc2)ccc1C(C)C. The third kappa shape index (κ3) is 5.19. The van der Waals surface area contributed by atoms with Gasteiger partial charge in [0.15, 0.2) is 0 Å². The lowest BCUT2D eigenvalue weighted by molar-refractivity contribution is 0.0450. The van der Waals surface area contributed by atoms with Crippen LogP contribution in [0.5, 0.6) is 5.75 Å². The number of hydrogen-bond acceptors (Lipinski definition) is 5. The number of carbonyl (C=O) groups is 1. The number of aromatic nitrogens is 3. The first kappa shape index (κ1) is 19.6. The van der Waals surface area contributed by atoms with Crippen LogP contribution >= 0.6 is 0 Å². The Kier molecular flexibility index (Phi) is 6.42. The van der Waals surface area contributed by atoms with Crippen molar-refractivity contribution in [2.24, 2.45) is 0 Å². The number of aryl methyl sites for hydroxylation is 1. The molecule has 28 heavy (non-hydrogen) atoms. The van der Waals surface area contributed by atoms with E-state index in [2.05, 4.69) is 36.9 Å². The smallest absolute Gasteiger partial charge is 0.338 e. The molecule has 3 aromatic rings. The molecule has 2 aromatic carbocycles. The van der Waals surface area contributed by atoms with Crippen molar-refractivity contribution in [3.63, 3.8) is 0 Å². The molecule has 0 amide bonds. The fourth-order valence-corrected chi connectivity index (χ4v) is 3.01. The molecule has 0 radical (unpaired) electrons. The van der Waals surface area contributed by atoms with Crippen molar-refractivity contribution in [1.29, 1.82) is 0 Å². The van der Waals surface area contributed by atoms with Crippen molar-refractivity contribution < 1.29 is 14.3 Å². The second kappa shape index (κ2) is 9.17. The van der Waals surface area contributed by atoms with Gasteiger partial charge in [0.1, 0.15) is 31.6 Å². The van der Waals surface area contributed by atoms with E-state index >= 15 is 0 Å². The molecule has 0 aliphatic carbocycles. The molecule has 6 heteroatoms. The van der Waals surface area contributed by atoms with E-state index in [4.69, 9.17) is 9.47 Å². The Bertz CT molecular complexity index is 903. The number of hydrogen-bond donors (Lipinski definition) is 0. The molecule has 3 rings (SSSR count). The summed E-state index contributed by atoms with van der Waals surface area (Å²) >= 11 is 0. The highest BCUT2D eigenvalue weighted by Gasteiger charge is 2.08. The number of nitrogens with zero attached hydrogens (tertiary/aromatic N) is 3. The third-order valence-electron chi connectivity index (χ3n) is 4.45. The van der Waals surface area contributed by atoms with Crippen LogP contribution in [-0.4, -0.2) is 33.9 Å². The highest BCUT2D eigenvalue weighted by atomic mass is 16.6. The molecular formula is C22H25N3O3. The van der Waals surface area contributed by atoms with Gasteiger partial charge in [0.05, 0.1) is 12.1 Å². The molecule has 6 nitrogen and oxygen atoms in total. The minimum absolute atomic E-state index is 0.199. The molecule has 146 valence electrons. The van der Waals surface area contributed by atoms with Crippen LogP contribution in [0.25, 0.3) is 0 Å². The van der Waals surface area contributed by atoms with Crippen LogP contribution in [0.2, 0.25) is 0 Å². The zero-order valence-electron chi connectivity index (χ0n) is 16.5. The Balaban J connectivity index is 1.44. The largest absolute Gasteiger partial charge is 0.490 e.